The summed E-state index contributed by atoms with van der Waals surface area (Å²) in [5.41, 5.74) is 0.686. The van der Waals surface area contributed by atoms with E-state index < -0.39 is 18.0 Å². The van der Waals surface area contributed by atoms with Gasteiger partial charge in [0.2, 0.25) is 5.91 Å². The van der Waals surface area contributed by atoms with Crippen LogP contribution in [-0.2, 0) is 14.3 Å². The van der Waals surface area contributed by atoms with Crippen LogP contribution in [0.5, 0.6) is 0 Å². The van der Waals surface area contributed by atoms with E-state index >= 15 is 0 Å². The third-order valence-corrected chi connectivity index (χ3v) is 4.33. The van der Waals surface area contributed by atoms with Crippen LogP contribution in [0, 0.1) is 5.82 Å². The lowest BCUT2D eigenvalue weighted by molar-refractivity contribution is -0.122. The van der Waals surface area contributed by atoms with Crippen molar-refractivity contribution in [3.05, 3.63) is 24.0 Å². The highest BCUT2D eigenvalue weighted by atomic mass is 19.1. The van der Waals surface area contributed by atoms with Crippen LogP contribution in [0.15, 0.2) is 18.2 Å². The normalized spacial score (nSPS) is 23.1. The molecule has 1 N–H and O–H groups in total. The first-order chi connectivity index (χ1) is 11.4. The van der Waals surface area contributed by atoms with Crippen molar-refractivity contribution in [2.24, 2.45) is 0 Å². The number of nitrogens with zero attached hydrogens (tertiary/aromatic N) is 2. The van der Waals surface area contributed by atoms with Crippen LogP contribution in [-0.4, -0.2) is 49.6 Å². The second-order valence-electron chi connectivity index (χ2n) is 5.94. The van der Waals surface area contributed by atoms with Crippen LogP contribution in [0.2, 0.25) is 0 Å². The molecule has 3 rings (SSSR count). The molecule has 0 radical (unpaired) electrons. The minimum atomic E-state index is -0.579. The van der Waals surface area contributed by atoms with Gasteiger partial charge < -0.3 is 15.0 Å². The van der Waals surface area contributed by atoms with Gasteiger partial charge in [-0.3, -0.25) is 14.5 Å². The molecule has 1 aromatic rings. The Kier molecular flexibility index (Phi) is 4.13. The Labute approximate surface area is 138 Å². The first-order valence-electron chi connectivity index (χ1n) is 7.68. The Hall–Kier alpha value is -2.64. The number of rotatable bonds is 4. The smallest absolute Gasteiger partial charge is 0.414 e. The van der Waals surface area contributed by atoms with Crippen molar-refractivity contribution in [3.8, 4) is 0 Å². The van der Waals surface area contributed by atoms with E-state index in [1.807, 2.05) is 0 Å². The van der Waals surface area contributed by atoms with Crippen molar-refractivity contribution in [2.45, 2.75) is 25.9 Å². The van der Waals surface area contributed by atoms with E-state index in [1.165, 1.54) is 17.9 Å². The molecule has 2 aliphatic rings. The summed E-state index contributed by atoms with van der Waals surface area (Å²) in [5.74, 6) is -0.658. The molecule has 2 aliphatic heterocycles. The Morgan fingerprint density at radius 1 is 1.42 bits per heavy atom. The van der Waals surface area contributed by atoms with Crippen LogP contribution >= 0.6 is 0 Å². The zero-order valence-electron chi connectivity index (χ0n) is 13.4. The molecule has 8 heteroatoms. The molecule has 2 fully saturated rings. The fraction of sp³-hybridized carbons (Fsp3) is 0.438. The highest BCUT2D eigenvalue weighted by Gasteiger charge is 2.37. The number of carbonyl (C=O) groups excluding carboxylic acids is 3. The molecular weight excluding hydrogens is 317 g/mol. The van der Waals surface area contributed by atoms with Gasteiger partial charge in [-0.1, -0.05) is 0 Å². The fourth-order valence-corrected chi connectivity index (χ4v) is 2.86. The van der Waals surface area contributed by atoms with E-state index in [4.69, 9.17) is 4.74 Å². The van der Waals surface area contributed by atoms with Crippen molar-refractivity contribution < 1.29 is 23.5 Å². The summed E-state index contributed by atoms with van der Waals surface area (Å²) in [6, 6.07) is 3.68. The number of halogens is 1. The molecule has 2 heterocycles. The van der Waals surface area contributed by atoms with Gasteiger partial charge in [-0.25, -0.2) is 9.18 Å². The third-order valence-electron chi connectivity index (χ3n) is 4.33. The molecule has 2 amide bonds. The van der Waals surface area contributed by atoms with Gasteiger partial charge in [0.1, 0.15) is 12.4 Å². The largest absolute Gasteiger partial charge is 0.447 e. The molecule has 0 aromatic heterocycles. The summed E-state index contributed by atoms with van der Waals surface area (Å²) in [7, 11) is 0. The summed E-state index contributed by atoms with van der Waals surface area (Å²) in [4.78, 5) is 37.3. The molecule has 2 saturated heterocycles. The Bertz CT molecular complexity index is 709. The molecule has 0 spiro atoms. The standard InChI is InChI=1S/C16H18FN3O4/c1-9-15(22)7-19(9)14-4-3-11(5-13(14)17)20-12(6-18-10(2)21)8-24-16(20)23/h3-5,9,12H,6-8H2,1-2H3,(H,18,21)/t9-,12?/m0/s1. The summed E-state index contributed by atoms with van der Waals surface area (Å²) in [6.07, 6.45) is -0.579. The molecule has 128 valence electrons. The molecule has 0 bridgehead atoms. The monoisotopic (exact) mass is 335 g/mol. The minimum absolute atomic E-state index is 0.0666. The number of carbonyl (C=O) groups is 3. The maximum atomic E-state index is 14.4. The van der Waals surface area contributed by atoms with Crippen molar-refractivity contribution in [2.75, 3.05) is 29.5 Å². The predicted octanol–water partition coefficient (Wildman–Crippen LogP) is 1.06. The second-order valence-corrected chi connectivity index (χ2v) is 5.94. The Balaban J connectivity index is 1.80. The zero-order valence-corrected chi connectivity index (χ0v) is 13.4. The van der Waals surface area contributed by atoms with Crippen molar-refractivity contribution >= 4 is 29.2 Å². The van der Waals surface area contributed by atoms with Crippen LogP contribution in [0.25, 0.3) is 0 Å². The lowest BCUT2D eigenvalue weighted by atomic mass is 10.0. The van der Waals surface area contributed by atoms with Gasteiger partial charge in [0, 0.05) is 13.5 Å². The topological polar surface area (TPSA) is 79.0 Å². The minimum Gasteiger partial charge on any atom is -0.447 e. The van der Waals surface area contributed by atoms with Gasteiger partial charge in [-0.15, -0.1) is 0 Å². The number of hydrogen-bond donors (Lipinski definition) is 1. The van der Waals surface area contributed by atoms with Crippen LogP contribution < -0.4 is 15.1 Å². The van der Waals surface area contributed by atoms with Crippen LogP contribution in [0.4, 0.5) is 20.6 Å². The molecule has 7 nitrogen and oxygen atoms in total. The average molecular weight is 335 g/mol. The Morgan fingerprint density at radius 3 is 2.75 bits per heavy atom. The summed E-state index contributed by atoms with van der Waals surface area (Å²) >= 11 is 0. The number of Topliss-reactive ketones (excluding diaryl/α,β-unsaturated/α-hetero) is 1. The lowest BCUT2D eigenvalue weighted by Gasteiger charge is -2.39. The number of benzene rings is 1. The highest BCUT2D eigenvalue weighted by Crippen LogP contribution is 2.31. The lowest BCUT2D eigenvalue weighted by Crippen LogP contribution is -2.55. The molecule has 2 atom stereocenters. The SMILES string of the molecule is CC(=O)NCC1COC(=O)N1c1ccc(N2CC(=O)[C@@H]2C)c(F)c1. The number of nitrogens with one attached hydrogen (secondary N) is 1. The van der Waals surface area contributed by atoms with Crippen molar-refractivity contribution in [1.29, 1.82) is 0 Å². The molecule has 0 aliphatic carbocycles. The summed E-state index contributed by atoms with van der Waals surface area (Å²) in [6.45, 7) is 3.64. The van der Waals surface area contributed by atoms with E-state index in [9.17, 15) is 18.8 Å². The number of ketones is 1. The van der Waals surface area contributed by atoms with Gasteiger partial charge in [-0.05, 0) is 25.1 Å². The first kappa shape index (κ1) is 16.2. The molecule has 24 heavy (non-hydrogen) atoms. The van der Waals surface area contributed by atoms with Gasteiger partial charge in [0.25, 0.3) is 0 Å². The van der Waals surface area contributed by atoms with Crippen molar-refractivity contribution in [3.63, 3.8) is 0 Å². The molecule has 0 saturated carbocycles. The van der Waals surface area contributed by atoms with E-state index in [0.29, 0.717) is 11.4 Å². The zero-order chi connectivity index (χ0) is 17.4. The molecular formula is C16H18FN3O4. The van der Waals surface area contributed by atoms with Gasteiger partial charge >= 0.3 is 6.09 Å². The quantitative estimate of drug-likeness (QED) is 0.890. The maximum Gasteiger partial charge on any atom is 0.414 e. The van der Waals surface area contributed by atoms with Crippen molar-refractivity contribution in [1.82, 2.24) is 5.32 Å². The summed E-state index contributed by atoms with van der Waals surface area (Å²) in [5, 5.41) is 2.63. The van der Waals surface area contributed by atoms with E-state index in [1.54, 1.807) is 24.0 Å². The molecule has 1 aromatic carbocycles. The Morgan fingerprint density at radius 2 is 2.17 bits per heavy atom. The van der Waals surface area contributed by atoms with Gasteiger partial charge in [0.05, 0.1) is 30.0 Å². The second kappa shape index (κ2) is 6.10. The number of hydrogen-bond acceptors (Lipinski definition) is 5. The number of cyclic esters (lactones) is 1. The number of ether oxygens (including phenoxy) is 1. The number of amides is 2. The highest BCUT2D eigenvalue weighted by molar-refractivity contribution is 5.99. The third kappa shape index (κ3) is 2.79. The van der Waals surface area contributed by atoms with E-state index in [-0.39, 0.29) is 37.4 Å². The van der Waals surface area contributed by atoms with Crippen LogP contribution in [0.1, 0.15) is 13.8 Å². The molecule has 1 unspecified atom stereocenters. The van der Waals surface area contributed by atoms with E-state index in [2.05, 4.69) is 5.32 Å². The van der Waals surface area contributed by atoms with Crippen LogP contribution in [0.3, 0.4) is 0 Å². The van der Waals surface area contributed by atoms with Gasteiger partial charge in [0.15, 0.2) is 5.78 Å². The average Bonchev–Trinajstić information content (AvgIpc) is 2.91. The first-order valence-corrected chi connectivity index (χ1v) is 7.68. The number of anilines is 2. The maximum absolute atomic E-state index is 14.4. The fourth-order valence-electron chi connectivity index (χ4n) is 2.86. The predicted molar refractivity (Wildman–Crippen MR) is 84.5 cm³/mol. The van der Waals surface area contributed by atoms with Gasteiger partial charge in [-0.2, -0.15) is 0 Å². The summed E-state index contributed by atoms with van der Waals surface area (Å²) < 4.78 is 19.4. The van der Waals surface area contributed by atoms with E-state index in [0.717, 1.165) is 0 Å².